The summed E-state index contributed by atoms with van der Waals surface area (Å²) in [6.45, 7) is 2.15. The number of nitrogens with zero attached hydrogens (tertiary/aromatic N) is 3. The Morgan fingerprint density at radius 3 is 2.94 bits per heavy atom. The van der Waals surface area contributed by atoms with Gasteiger partial charge in [-0.3, -0.25) is 0 Å². The van der Waals surface area contributed by atoms with E-state index in [-0.39, 0.29) is 0 Å². The molecule has 1 unspecified atom stereocenters. The molecular weight excluding hydrogens is 236 g/mol. The van der Waals surface area contributed by atoms with Crippen molar-refractivity contribution in [2.45, 2.75) is 37.8 Å². The summed E-state index contributed by atoms with van der Waals surface area (Å²) in [7, 11) is 0. The van der Waals surface area contributed by atoms with Crippen LogP contribution < -0.4 is 10.2 Å². The average Bonchev–Trinajstić information content (AvgIpc) is 3.05. The summed E-state index contributed by atoms with van der Waals surface area (Å²) in [4.78, 5) is 10.6. The molecule has 1 aliphatic carbocycles. The maximum atomic E-state index is 6.19. The minimum atomic E-state index is 0.585. The lowest BCUT2D eigenvalue weighted by Gasteiger charge is -2.27. The summed E-state index contributed by atoms with van der Waals surface area (Å²) in [5.41, 5.74) is 0. The highest BCUT2D eigenvalue weighted by molar-refractivity contribution is 6.32. The zero-order chi connectivity index (χ0) is 11.7. The number of rotatable bonds is 4. The summed E-state index contributed by atoms with van der Waals surface area (Å²) in [5.74, 6) is 0.901. The van der Waals surface area contributed by atoms with Gasteiger partial charge in [-0.05, 0) is 32.2 Å². The topological polar surface area (TPSA) is 41.1 Å². The average molecular weight is 253 g/mol. The van der Waals surface area contributed by atoms with Crippen molar-refractivity contribution in [2.75, 3.05) is 18.0 Å². The van der Waals surface area contributed by atoms with Crippen molar-refractivity contribution in [1.82, 2.24) is 15.3 Å². The Morgan fingerprint density at radius 2 is 2.29 bits per heavy atom. The van der Waals surface area contributed by atoms with E-state index in [1.807, 2.05) is 0 Å². The third-order valence-electron chi connectivity index (χ3n) is 3.49. The molecule has 2 fully saturated rings. The van der Waals surface area contributed by atoms with Gasteiger partial charge in [-0.2, -0.15) is 0 Å². The molecule has 1 aromatic heterocycles. The van der Waals surface area contributed by atoms with Crippen molar-refractivity contribution in [3.05, 3.63) is 17.5 Å². The molecule has 1 saturated carbocycles. The predicted octanol–water partition coefficient (Wildman–Crippen LogP) is 1.85. The van der Waals surface area contributed by atoms with Gasteiger partial charge in [-0.25, -0.2) is 9.97 Å². The van der Waals surface area contributed by atoms with E-state index in [1.165, 1.54) is 25.7 Å². The molecule has 17 heavy (non-hydrogen) atoms. The first-order valence-corrected chi connectivity index (χ1v) is 6.68. The van der Waals surface area contributed by atoms with Gasteiger partial charge < -0.3 is 10.2 Å². The van der Waals surface area contributed by atoms with Gasteiger partial charge in [-0.15, -0.1) is 0 Å². The molecule has 3 rings (SSSR count). The highest BCUT2D eigenvalue weighted by atomic mass is 35.5. The first kappa shape index (κ1) is 11.2. The van der Waals surface area contributed by atoms with Gasteiger partial charge in [0.25, 0.3) is 0 Å². The van der Waals surface area contributed by atoms with E-state index in [1.54, 1.807) is 12.5 Å². The zero-order valence-corrected chi connectivity index (χ0v) is 10.5. The van der Waals surface area contributed by atoms with Crippen LogP contribution in [0.5, 0.6) is 0 Å². The summed E-state index contributed by atoms with van der Waals surface area (Å²) in [6, 6.07) is 1.21. The van der Waals surface area contributed by atoms with Crippen LogP contribution in [0.1, 0.15) is 25.7 Å². The first-order valence-electron chi connectivity index (χ1n) is 6.30. The van der Waals surface area contributed by atoms with Crippen LogP contribution in [0.15, 0.2) is 12.5 Å². The van der Waals surface area contributed by atoms with Gasteiger partial charge in [0.2, 0.25) is 0 Å². The van der Waals surface area contributed by atoms with Crippen LogP contribution in [0.25, 0.3) is 0 Å². The van der Waals surface area contributed by atoms with E-state index < -0.39 is 0 Å². The van der Waals surface area contributed by atoms with Crippen LogP contribution in [-0.2, 0) is 0 Å². The number of halogens is 1. The van der Waals surface area contributed by atoms with Gasteiger partial charge in [-0.1, -0.05) is 11.6 Å². The van der Waals surface area contributed by atoms with Crippen molar-refractivity contribution >= 4 is 17.4 Å². The minimum Gasteiger partial charge on any atom is -0.351 e. The Bertz CT molecular complexity index is 388. The van der Waals surface area contributed by atoms with Crippen LogP contribution in [-0.4, -0.2) is 35.1 Å². The Balaban J connectivity index is 1.77. The second-order valence-electron chi connectivity index (χ2n) is 4.87. The van der Waals surface area contributed by atoms with Crippen LogP contribution in [0.4, 0.5) is 5.82 Å². The molecule has 92 valence electrons. The van der Waals surface area contributed by atoms with Gasteiger partial charge >= 0.3 is 0 Å². The quantitative estimate of drug-likeness (QED) is 0.888. The van der Waals surface area contributed by atoms with E-state index >= 15 is 0 Å². The summed E-state index contributed by atoms with van der Waals surface area (Å²) in [6.07, 6.45) is 8.31. The third-order valence-corrected chi connectivity index (χ3v) is 3.75. The van der Waals surface area contributed by atoms with E-state index in [4.69, 9.17) is 11.6 Å². The van der Waals surface area contributed by atoms with Crippen LogP contribution in [0, 0.1) is 0 Å². The number of anilines is 1. The normalized spacial score (nSPS) is 23.9. The van der Waals surface area contributed by atoms with Crippen LogP contribution in [0.3, 0.4) is 0 Å². The largest absolute Gasteiger partial charge is 0.351 e. The summed E-state index contributed by atoms with van der Waals surface area (Å²) < 4.78 is 0. The molecule has 0 aromatic carbocycles. The molecule has 2 heterocycles. The lowest BCUT2D eigenvalue weighted by Crippen LogP contribution is -2.39. The maximum absolute atomic E-state index is 6.19. The molecule has 0 radical (unpaired) electrons. The second-order valence-corrected chi connectivity index (χ2v) is 5.28. The van der Waals surface area contributed by atoms with E-state index in [0.717, 1.165) is 18.9 Å². The molecule has 1 aliphatic heterocycles. The Labute approximate surface area is 106 Å². The molecule has 0 bridgehead atoms. The molecule has 4 nitrogen and oxygen atoms in total. The first-order chi connectivity index (χ1) is 8.34. The van der Waals surface area contributed by atoms with E-state index in [0.29, 0.717) is 17.1 Å². The molecule has 0 spiro atoms. The lowest BCUT2D eigenvalue weighted by molar-refractivity contribution is 0.575. The Kier molecular flexibility index (Phi) is 3.16. The fourth-order valence-corrected chi connectivity index (χ4v) is 2.68. The Morgan fingerprint density at radius 1 is 1.41 bits per heavy atom. The number of nitrogens with one attached hydrogen (secondary N) is 1. The lowest BCUT2D eigenvalue weighted by atomic mass is 10.2. The third kappa shape index (κ3) is 2.53. The van der Waals surface area contributed by atoms with Crippen LogP contribution in [0.2, 0.25) is 5.02 Å². The van der Waals surface area contributed by atoms with Gasteiger partial charge in [0.05, 0.1) is 6.20 Å². The molecule has 1 saturated heterocycles. The van der Waals surface area contributed by atoms with Crippen molar-refractivity contribution in [2.24, 2.45) is 0 Å². The van der Waals surface area contributed by atoms with Crippen molar-refractivity contribution < 1.29 is 0 Å². The number of hydrogen-bond acceptors (Lipinski definition) is 4. The molecule has 2 aliphatic rings. The maximum Gasteiger partial charge on any atom is 0.151 e. The summed E-state index contributed by atoms with van der Waals surface area (Å²) in [5, 5.41) is 4.20. The number of aromatic nitrogens is 2. The SMILES string of the molecule is Clc1cncnc1N(CC1CCCN1)C1CC1. The van der Waals surface area contributed by atoms with Crippen molar-refractivity contribution in [3.63, 3.8) is 0 Å². The monoisotopic (exact) mass is 252 g/mol. The fraction of sp³-hybridized carbons (Fsp3) is 0.667. The molecule has 1 aromatic rings. The fourth-order valence-electron chi connectivity index (χ4n) is 2.46. The standard InChI is InChI=1S/C12H17ClN4/c13-11-6-14-8-16-12(11)17(10-3-4-10)7-9-2-1-5-15-9/h6,8-10,15H,1-5,7H2. The smallest absolute Gasteiger partial charge is 0.151 e. The minimum absolute atomic E-state index is 0.585. The van der Waals surface area contributed by atoms with Crippen molar-refractivity contribution in [1.29, 1.82) is 0 Å². The van der Waals surface area contributed by atoms with Gasteiger partial charge in [0.15, 0.2) is 5.82 Å². The zero-order valence-electron chi connectivity index (χ0n) is 9.77. The van der Waals surface area contributed by atoms with E-state index in [9.17, 15) is 0 Å². The van der Waals surface area contributed by atoms with E-state index in [2.05, 4.69) is 20.2 Å². The molecule has 0 amide bonds. The highest BCUT2D eigenvalue weighted by Gasteiger charge is 2.33. The van der Waals surface area contributed by atoms with Gasteiger partial charge in [0, 0.05) is 18.6 Å². The molecular formula is C12H17ClN4. The molecule has 1 N–H and O–H groups in total. The van der Waals surface area contributed by atoms with Gasteiger partial charge in [0.1, 0.15) is 11.3 Å². The van der Waals surface area contributed by atoms with Crippen LogP contribution >= 0.6 is 11.6 Å². The molecule has 5 heteroatoms. The molecule has 1 atom stereocenters. The number of hydrogen-bond donors (Lipinski definition) is 1. The Hall–Kier alpha value is -0.870. The predicted molar refractivity (Wildman–Crippen MR) is 68.4 cm³/mol. The second kappa shape index (κ2) is 4.78. The highest BCUT2D eigenvalue weighted by Crippen LogP contribution is 2.34. The summed E-state index contributed by atoms with van der Waals surface area (Å²) >= 11 is 6.19. The van der Waals surface area contributed by atoms with Crippen molar-refractivity contribution in [3.8, 4) is 0 Å².